The van der Waals surface area contributed by atoms with E-state index in [1.165, 1.54) is 35.7 Å². The van der Waals surface area contributed by atoms with E-state index in [2.05, 4.69) is 91.1 Å². The van der Waals surface area contributed by atoms with Gasteiger partial charge in [-0.05, 0) is 48.4 Å². The summed E-state index contributed by atoms with van der Waals surface area (Å²) in [5.41, 5.74) is 4.56. The van der Waals surface area contributed by atoms with E-state index in [0.29, 0.717) is 5.75 Å². The van der Waals surface area contributed by atoms with Crippen molar-refractivity contribution in [3.05, 3.63) is 59.7 Å². The third kappa shape index (κ3) is 6.22. The molecule has 3 aromatic rings. The molecule has 2 aromatic carbocycles. The van der Waals surface area contributed by atoms with E-state index < -0.39 is 0 Å². The van der Waals surface area contributed by atoms with Crippen molar-refractivity contribution in [2.45, 2.75) is 71.0 Å². The lowest BCUT2D eigenvalue weighted by Gasteiger charge is -2.19. The highest BCUT2D eigenvalue weighted by atomic mass is 32.2. The van der Waals surface area contributed by atoms with Crippen molar-refractivity contribution in [1.82, 2.24) is 14.8 Å². The molecule has 0 aliphatic rings. The summed E-state index contributed by atoms with van der Waals surface area (Å²) < 4.78 is 2.06. The molecule has 1 heterocycles. The zero-order valence-corrected chi connectivity index (χ0v) is 20.6. The second kappa shape index (κ2) is 10.8. The number of hydrogen-bond donors (Lipinski definition) is 1. The molecule has 0 fully saturated rings. The van der Waals surface area contributed by atoms with E-state index in [1.54, 1.807) is 0 Å². The number of hydrogen-bond acceptors (Lipinski definition) is 4. The van der Waals surface area contributed by atoms with Crippen LogP contribution in [0.3, 0.4) is 0 Å². The fourth-order valence-corrected chi connectivity index (χ4v) is 4.28. The van der Waals surface area contributed by atoms with Crippen LogP contribution in [0.15, 0.2) is 53.7 Å². The molecule has 1 amide bonds. The quantitative estimate of drug-likeness (QED) is 0.387. The summed E-state index contributed by atoms with van der Waals surface area (Å²) in [5, 5.41) is 12.5. The maximum atomic E-state index is 12.5. The number of aromatic nitrogens is 3. The van der Waals surface area contributed by atoms with E-state index >= 15 is 0 Å². The van der Waals surface area contributed by atoms with Gasteiger partial charge in [-0.15, -0.1) is 10.2 Å². The van der Waals surface area contributed by atoms with Gasteiger partial charge in [0.15, 0.2) is 11.0 Å². The minimum absolute atomic E-state index is 0.0435. The molecule has 0 aliphatic carbocycles. The minimum Gasteiger partial charge on any atom is -0.325 e. The molecule has 6 heteroatoms. The van der Waals surface area contributed by atoms with Crippen LogP contribution in [0.2, 0.25) is 0 Å². The highest BCUT2D eigenvalue weighted by Crippen LogP contribution is 2.27. The van der Waals surface area contributed by atoms with Crippen LogP contribution in [0.4, 0.5) is 5.69 Å². The molecule has 0 spiro atoms. The van der Waals surface area contributed by atoms with Crippen molar-refractivity contribution < 1.29 is 4.79 Å². The third-order valence-electron chi connectivity index (χ3n) is 5.43. The summed E-state index contributed by atoms with van der Waals surface area (Å²) in [4.78, 5) is 12.5. The highest BCUT2D eigenvalue weighted by molar-refractivity contribution is 7.99. The number of aryl methyl sites for hydroxylation is 1. The number of nitrogens with one attached hydrogen (secondary N) is 1. The smallest absolute Gasteiger partial charge is 0.234 e. The molecule has 0 atom stereocenters. The van der Waals surface area contributed by atoms with Gasteiger partial charge in [0.1, 0.15) is 0 Å². The molecule has 170 valence electrons. The summed E-state index contributed by atoms with van der Waals surface area (Å²) in [5.74, 6) is 1.08. The van der Waals surface area contributed by atoms with E-state index in [0.717, 1.165) is 35.2 Å². The summed E-state index contributed by atoms with van der Waals surface area (Å²) in [6.45, 7) is 11.6. The Morgan fingerprint density at radius 2 is 1.69 bits per heavy atom. The van der Waals surface area contributed by atoms with Crippen LogP contribution in [0.25, 0.3) is 11.4 Å². The Morgan fingerprint density at radius 1 is 1.00 bits per heavy atom. The van der Waals surface area contributed by atoms with E-state index in [-0.39, 0.29) is 11.3 Å². The normalized spacial score (nSPS) is 11.5. The van der Waals surface area contributed by atoms with Crippen LogP contribution < -0.4 is 5.32 Å². The number of anilines is 1. The third-order valence-corrected chi connectivity index (χ3v) is 6.40. The Kier molecular flexibility index (Phi) is 8.13. The SMILES string of the molecule is CCCCc1ccc(NC(=O)CSc2nnc(-c3ccc(C(C)(C)C)cc3)n2CC)cc1. The molecule has 0 radical (unpaired) electrons. The molecule has 0 bridgehead atoms. The lowest BCUT2D eigenvalue weighted by atomic mass is 9.87. The van der Waals surface area contributed by atoms with Crippen molar-refractivity contribution in [2.75, 3.05) is 11.1 Å². The van der Waals surface area contributed by atoms with Crippen molar-refractivity contribution in [2.24, 2.45) is 0 Å². The van der Waals surface area contributed by atoms with Gasteiger partial charge in [0.2, 0.25) is 5.91 Å². The Balaban J connectivity index is 1.62. The monoisotopic (exact) mass is 450 g/mol. The molecule has 0 saturated carbocycles. The molecule has 0 saturated heterocycles. The summed E-state index contributed by atoms with van der Waals surface area (Å²) in [6.07, 6.45) is 3.44. The van der Waals surface area contributed by atoms with Crippen LogP contribution in [0, 0.1) is 0 Å². The number of amides is 1. The van der Waals surface area contributed by atoms with Gasteiger partial charge in [0.25, 0.3) is 0 Å². The van der Waals surface area contributed by atoms with E-state index in [9.17, 15) is 4.79 Å². The highest BCUT2D eigenvalue weighted by Gasteiger charge is 2.17. The summed E-state index contributed by atoms with van der Waals surface area (Å²) >= 11 is 1.41. The van der Waals surface area contributed by atoms with Gasteiger partial charge < -0.3 is 9.88 Å². The first-order valence-electron chi connectivity index (χ1n) is 11.4. The standard InChI is InChI=1S/C26H34N4OS/c1-6-8-9-19-10-16-22(17-11-19)27-23(31)18-32-25-29-28-24(30(25)7-2)20-12-14-21(15-13-20)26(3,4)5/h10-17H,6-9,18H2,1-5H3,(H,27,31). The zero-order valence-electron chi connectivity index (χ0n) is 19.8. The van der Waals surface area contributed by atoms with Gasteiger partial charge in [-0.1, -0.05) is 82.3 Å². The fourth-order valence-electron chi connectivity index (χ4n) is 3.48. The van der Waals surface area contributed by atoms with Gasteiger partial charge in [-0.3, -0.25) is 4.79 Å². The predicted octanol–water partition coefficient (Wildman–Crippen LogP) is 6.34. The first kappa shape index (κ1) is 24.1. The number of unbranched alkanes of at least 4 members (excludes halogenated alkanes) is 1. The van der Waals surface area contributed by atoms with Crippen LogP contribution in [0.5, 0.6) is 0 Å². The number of carbonyl (C=O) groups excluding carboxylic acids is 1. The molecule has 0 aliphatic heterocycles. The second-order valence-electron chi connectivity index (χ2n) is 9.02. The van der Waals surface area contributed by atoms with Gasteiger partial charge in [0.05, 0.1) is 5.75 Å². The van der Waals surface area contributed by atoms with Gasteiger partial charge >= 0.3 is 0 Å². The second-order valence-corrected chi connectivity index (χ2v) is 9.96. The summed E-state index contributed by atoms with van der Waals surface area (Å²) in [6, 6.07) is 16.6. The number of rotatable bonds is 9. The Labute approximate surface area is 196 Å². The Morgan fingerprint density at radius 3 is 2.28 bits per heavy atom. The van der Waals surface area contributed by atoms with Gasteiger partial charge in [-0.2, -0.15) is 0 Å². The maximum Gasteiger partial charge on any atom is 0.234 e. The van der Waals surface area contributed by atoms with Crippen molar-refractivity contribution in [1.29, 1.82) is 0 Å². The van der Waals surface area contributed by atoms with E-state index in [1.807, 2.05) is 12.1 Å². The van der Waals surface area contributed by atoms with Crippen molar-refractivity contribution >= 4 is 23.4 Å². The molecule has 5 nitrogen and oxygen atoms in total. The van der Waals surface area contributed by atoms with Gasteiger partial charge in [-0.25, -0.2) is 0 Å². The first-order chi connectivity index (χ1) is 15.3. The largest absolute Gasteiger partial charge is 0.325 e. The number of benzene rings is 2. The molecule has 1 aromatic heterocycles. The number of nitrogens with zero attached hydrogens (tertiary/aromatic N) is 3. The zero-order chi connectivity index (χ0) is 23.1. The maximum absolute atomic E-state index is 12.5. The lowest BCUT2D eigenvalue weighted by Crippen LogP contribution is -2.14. The molecule has 0 unspecified atom stereocenters. The molecular weight excluding hydrogens is 416 g/mol. The minimum atomic E-state index is -0.0435. The van der Waals surface area contributed by atoms with Gasteiger partial charge in [0, 0.05) is 17.8 Å². The van der Waals surface area contributed by atoms with Crippen LogP contribution in [-0.4, -0.2) is 26.4 Å². The Hall–Kier alpha value is -2.60. The molecule has 3 rings (SSSR count). The van der Waals surface area contributed by atoms with E-state index in [4.69, 9.17) is 0 Å². The average molecular weight is 451 g/mol. The van der Waals surface area contributed by atoms with Crippen molar-refractivity contribution in [3.8, 4) is 11.4 Å². The fraction of sp³-hybridized carbons (Fsp3) is 0.423. The van der Waals surface area contributed by atoms with Crippen molar-refractivity contribution in [3.63, 3.8) is 0 Å². The topological polar surface area (TPSA) is 59.8 Å². The number of carbonyl (C=O) groups is 1. The number of thioether (sulfide) groups is 1. The van der Waals surface area contributed by atoms with Crippen LogP contribution in [-0.2, 0) is 23.2 Å². The average Bonchev–Trinajstić information content (AvgIpc) is 3.19. The molecule has 32 heavy (non-hydrogen) atoms. The lowest BCUT2D eigenvalue weighted by molar-refractivity contribution is -0.113. The molecular formula is C26H34N4OS. The summed E-state index contributed by atoms with van der Waals surface area (Å²) in [7, 11) is 0. The first-order valence-corrected chi connectivity index (χ1v) is 12.4. The van der Waals surface area contributed by atoms with Crippen LogP contribution in [0.1, 0.15) is 58.6 Å². The van der Waals surface area contributed by atoms with Crippen LogP contribution >= 0.6 is 11.8 Å². The molecule has 1 N–H and O–H groups in total. The Bertz CT molecular complexity index is 1020. The predicted molar refractivity (Wildman–Crippen MR) is 134 cm³/mol.